The molecule has 1 aromatic heterocycles. The van der Waals surface area contributed by atoms with Crippen LogP contribution in [0, 0.1) is 19.7 Å². The van der Waals surface area contributed by atoms with Crippen LogP contribution in [0.1, 0.15) is 59.6 Å². The predicted molar refractivity (Wildman–Crippen MR) is 135 cm³/mol. The number of carbonyl (C=O) groups excluding carboxylic acids is 3. The minimum Gasteiger partial charge on any atom is -0.358 e. The van der Waals surface area contributed by atoms with E-state index in [1.54, 1.807) is 19.9 Å². The lowest BCUT2D eigenvalue weighted by atomic mass is 10.0. The number of carbonyl (C=O) groups is 3. The molecule has 188 valence electrons. The molecule has 0 saturated heterocycles. The van der Waals surface area contributed by atoms with E-state index in [1.807, 2.05) is 0 Å². The van der Waals surface area contributed by atoms with Crippen LogP contribution in [0.4, 0.5) is 10.1 Å². The van der Waals surface area contributed by atoms with E-state index in [4.69, 9.17) is 5.73 Å². The molecule has 0 fully saturated rings. The molecular formula is C26H34FN5O3. The number of aromatic amines is 1. The number of fused-ring (bicyclic) bond motifs is 1. The number of nitrogens with zero attached hydrogens (tertiary/aromatic N) is 2. The van der Waals surface area contributed by atoms with Gasteiger partial charge >= 0.3 is 0 Å². The second-order valence-electron chi connectivity index (χ2n) is 8.59. The molecule has 1 aliphatic heterocycles. The second kappa shape index (κ2) is 11.4. The van der Waals surface area contributed by atoms with Crippen LogP contribution >= 0.6 is 0 Å². The number of anilines is 1. The van der Waals surface area contributed by atoms with Crippen molar-refractivity contribution in [1.82, 2.24) is 15.2 Å². The van der Waals surface area contributed by atoms with Gasteiger partial charge in [0, 0.05) is 36.5 Å². The van der Waals surface area contributed by atoms with Crippen molar-refractivity contribution in [1.29, 1.82) is 0 Å². The van der Waals surface area contributed by atoms with Crippen LogP contribution in [0.5, 0.6) is 0 Å². The number of nitrogens with two attached hydrogens (primary N) is 1. The minimum atomic E-state index is -0.524. The summed E-state index contributed by atoms with van der Waals surface area (Å²) in [4.78, 5) is 45.4. The van der Waals surface area contributed by atoms with Gasteiger partial charge in [-0.3, -0.25) is 14.4 Å². The van der Waals surface area contributed by atoms with Crippen LogP contribution in [0.3, 0.4) is 0 Å². The summed E-state index contributed by atoms with van der Waals surface area (Å²) < 4.78 is 14.1. The number of nitrogens with one attached hydrogen (secondary N) is 2. The van der Waals surface area contributed by atoms with E-state index in [1.165, 1.54) is 18.2 Å². The number of aryl methyl sites for hydroxylation is 1. The van der Waals surface area contributed by atoms with Crippen LogP contribution in [-0.4, -0.2) is 60.3 Å². The molecule has 0 bridgehead atoms. The number of amides is 3. The summed E-state index contributed by atoms with van der Waals surface area (Å²) in [5, 5.41) is 2.96. The van der Waals surface area contributed by atoms with Crippen molar-refractivity contribution in [2.45, 2.75) is 40.5 Å². The van der Waals surface area contributed by atoms with Crippen molar-refractivity contribution in [2.24, 2.45) is 5.73 Å². The summed E-state index contributed by atoms with van der Waals surface area (Å²) in [7, 11) is 0. The van der Waals surface area contributed by atoms with Crippen molar-refractivity contribution in [3.63, 3.8) is 0 Å². The average Bonchev–Trinajstić information content (AvgIpc) is 3.26. The molecule has 0 radical (unpaired) electrons. The number of halogens is 1. The number of hydrogen-bond donors (Lipinski definition) is 3. The van der Waals surface area contributed by atoms with Crippen LogP contribution in [0.15, 0.2) is 18.2 Å². The quantitative estimate of drug-likeness (QED) is 0.450. The largest absolute Gasteiger partial charge is 0.358 e. The van der Waals surface area contributed by atoms with E-state index in [0.29, 0.717) is 53.3 Å². The van der Waals surface area contributed by atoms with Gasteiger partial charge in [0.2, 0.25) is 5.91 Å². The zero-order valence-corrected chi connectivity index (χ0v) is 20.8. The lowest BCUT2D eigenvalue weighted by molar-refractivity contribution is -0.123. The first-order chi connectivity index (χ1) is 16.7. The van der Waals surface area contributed by atoms with Crippen molar-refractivity contribution >= 4 is 35.1 Å². The van der Waals surface area contributed by atoms with Crippen molar-refractivity contribution in [3.05, 3.63) is 52.1 Å². The van der Waals surface area contributed by atoms with E-state index in [0.717, 1.165) is 24.5 Å². The predicted octanol–water partition coefficient (Wildman–Crippen LogP) is 2.99. The summed E-state index contributed by atoms with van der Waals surface area (Å²) in [5.74, 6) is -1.61. The lowest BCUT2D eigenvalue weighted by Gasteiger charge is -2.18. The Morgan fingerprint density at radius 3 is 2.60 bits per heavy atom. The second-order valence-corrected chi connectivity index (χ2v) is 8.59. The zero-order valence-electron chi connectivity index (χ0n) is 20.8. The van der Waals surface area contributed by atoms with E-state index in [9.17, 15) is 18.8 Å². The number of likely N-dealkylation sites (N-methyl/N-ethyl adjacent to an activating group) is 1. The number of benzene rings is 1. The monoisotopic (exact) mass is 483 g/mol. The summed E-state index contributed by atoms with van der Waals surface area (Å²) in [5.41, 5.74) is 8.81. The molecule has 1 aromatic carbocycles. The highest BCUT2D eigenvalue weighted by molar-refractivity contribution is 6.42. The van der Waals surface area contributed by atoms with Gasteiger partial charge in [0.05, 0.1) is 16.8 Å². The summed E-state index contributed by atoms with van der Waals surface area (Å²) >= 11 is 0. The molecule has 0 spiro atoms. The number of hydrogen-bond acceptors (Lipinski definition) is 5. The third-order valence-corrected chi connectivity index (χ3v) is 6.37. The Kier molecular flexibility index (Phi) is 8.58. The van der Waals surface area contributed by atoms with Gasteiger partial charge in [0.25, 0.3) is 11.8 Å². The molecular weight excluding hydrogens is 449 g/mol. The number of H-pyrrole nitrogens is 1. The first-order valence-corrected chi connectivity index (χ1v) is 12.0. The number of aromatic nitrogens is 1. The first kappa shape index (κ1) is 26.3. The standard InChI is InChI=1S/C26H34FN5O3/c1-5-31(6-2)13-12-29-25(34)24-16(3)21(30-17(24)4)15-20-19-14-18(27)9-10-22(19)32(26(20)35)23(33)8-7-11-28/h9-10,14-15,30H,5-8,11-13,28H2,1-4H3,(H,29,34). The molecule has 0 atom stereocenters. The molecule has 1 aliphatic rings. The van der Waals surface area contributed by atoms with Gasteiger partial charge < -0.3 is 20.9 Å². The molecule has 9 heteroatoms. The van der Waals surface area contributed by atoms with Crippen molar-refractivity contribution < 1.29 is 18.8 Å². The molecule has 2 aromatic rings. The Hall–Kier alpha value is -3.30. The lowest BCUT2D eigenvalue weighted by Crippen LogP contribution is -2.35. The van der Waals surface area contributed by atoms with Gasteiger partial charge in [-0.15, -0.1) is 0 Å². The van der Waals surface area contributed by atoms with Crippen LogP contribution < -0.4 is 16.0 Å². The maximum atomic E-state index is 14.1. The molecule has 8 nitrogen and oxygen atoms in total. The maximum Gasteiger partial charge on any atom is 0.265 e. The van der Waals surface area contributed by atoms with Crippen LogP contribution in [-0.2, 0) is 9.59 Å². The molecule has 0 aliphatic carbocycles. The Labute approximate surface area is 205 Å². The normalized spacial score (nSPS) is 14.2. The van der Waals surface area contributed by atoms with Crippen molar-refractivity contribution in [2.75, 3.05) is 37.6 Å². The van der Waals surface area contributed by atoms with Crippen LogP contribution in [0.2, 0.25) is 0 Å². The molecule has 3 amide bonds. The summed E-state index contributed by atoms with van der Waals surface area (Å²) in [6.07, 6.45) is 2.15. The molecule has 35 heavy (non-hydrogen) atoms. The number of imide groups is 1. The van der Waals surface area contributed by atoms with Crippen molar-refractivity contribution in [3.8, 4) is 0 Å². The van der Waals surface area contributed by atoms with Gasteiger partial charge in [0.1, 0.15) is 5.82 Å². The summed E-state index contributed by atoms with van der Waals surface area (Å²) in [6.45, 7) is 11.2. The minimum absolute atomic E-state index is 0.116. The Morgan fingerprint density at radius 1 is 1.23 bits per heavy atom. The van der Waals surface area contributed by atoms with E-state index >= 15 is 0 Å². The SMILES string of the molecule is CCN(CC)CCNC(=O)c1c(C)[nH]c(C=C2C(=O)N(C(=O)CCCN)c3ccc(F)cc32)c1C. The van der Waals surface area contributed by atoms with Crippen LogP contribution in [0.25, 0.3) is 11.6 Å². The molecule has 4 N–H and O–H groups in total. The Morgan fingerprint density at radius 2 is 1.94 bits per heavy atom. The zero-order chi connectivity index (χ0) is 25.7. The van der Waals surface area contributed by atoms with Gasteiger partial charge in [-0.05, 0) is 69.7 Å². The Balaban J connectivity index is 1.92. The maximum absolute atomic E-state index is 14.1. The third-order valence-electron chi connectivity index (χ3n) is 6.37. The highest BCUT2D eigenvalue weighted by atomic mass is 19.1. The highest BCUT2D eigenvalue weighted by Gasteiger charge is 2.37. The first-order valence-electron chi connectivity index (χ1n) is 12.0. The highest BCUT2D eigenvalue weighted by Crippen LogP contribution is 2.39. The smallest absolute Gasteiger partial charge is 0.265 e. The van der Waals surface area contributed by atoms with Gasteiger partial charge in [0.15, 0.2) is 0 Å². The number of rotatable bonds is 10. The van der Waals surface area contributed by atoms with Gasteiger partial charge in [-0.1, -0.05) is 13.8 Å². The van der Waals surface area contributed by atoms with Gasteiger partial charge in [-0.2, -0.15) is 0 Å². The Bertz CT molecular complexity index is 1150. The molecule has 0 saturated carbocycles. The summed E-state index contributed by atoms with van der Waals surface area (Å²) in [6, 6.07) is 3.91. The average molecular weight is 484 g/mol. The fourth-order valence-electron chi connectivity index (χ4n) is 4.38. The fraction of sp³-hybridized carbons (Fsp3) is 0.423. The molecule has 2 heterocycles. The molecule has 3 rings (SSSR count). The van der Waals surface area contributed by atoms with E-state index in [2.05, 4.69) is 29.0 Å². The van der Waals surface area contributed by atoms with E-state index in [-0.39, 0.29) is 23.8 Å². The topological polar surface area (TPSA) is 112 Å². The van der Waals surface area contributed by atoms with E-state index < -0.39 is 11.7 Å². The fourth-order valence-corrected chi connectivity index (χ4v) is 4.38. The molecule has 0 unspecified atom stereocenters. The van der Waals surface area contributed by atoms with Gasteiger partial charge in [-0.25, -0.2) is 9.29 Å². The third kappa shape index (κ3) is 5.52.